The zero-order valence-corrected chi connectivity index (χ0v) is 13.5. The third-order valence-corrected chi connectivity index (χ3v) is 4.14. The topological polar surface area (TPSA) is 60.8 Å². The highest BCUT2D eigenvalue weighted by atomic mass is 32.1. The van der Waals surface area contributed by atoms with Gasteiger partial charge in [-0.25, -0.2) is 14.8 Å². The number of fused-ring (bicyclic) bond motifs is 1. The molecule has 0 aliphatic carbocycles. The van der Waals surface area contributed by atoms with Crippen molar-refractivity contribution < 1.29 is 14.3 Å². The number of carbonyl (C=O) groups is 1. The third kappa shape index (κ3) is 3.37. The van der Waals surface area contributed by atoms with Crippen molar-refractivity contribution in [2.75, 3.05) is 14.2 Å². The molecule has 3 rings (SSSR count). The number of esters is 1. The number of rotatable bonds is 4. The van der Waals surface area contributed by atoms with Gasteiger partial charge < -0.3 is 9.47 Å². The van der Waals surface area contributed by atoms with Crippen molar-refractivity contribution in [2.24, 2.45) is 4.99 Å². The Morgan fingerprint density at radius 1 is 1.22 bits per heavy atom. The highest BCUT2D eigenvalue weighted by Gasteiger charge is 2.06. The molecule has 0 aliphatic heterocycles. The van der Waals surface area contributed by atoms with Crippen LogP contribution < -0.4 is 4.74 Å². The first kappa shape index (κ1) is 15.2. The molecule has 0 bridgehead atoms. The van der Waals surface area contributed by atoms with Gasteiger partial charge in [-0.05, 0) is 35.9 Å². The van der Waals surface area contributed by atoms with Crippen LogP contribution in [0.1, 0.15) is 15.9 Å². The van der Waals surface area contributed by atoms with E-state index in [2.05, 4.69) is 9.98 Å². The zero-order valence-electron chi connectivity index (χ0n) is 12.6. The van der Waals surface area contributed by atoms with Crippen LogP contribution in [-0.2, 0) is 4.74 Å². The van der Waals surface area contributed by atoms with Crippen LogP contribution in [0, 0.1) is 0 Å². The number of aliphatic imine (C=N–C) groups is 1. The molecule has 3 aromatic rings. The van der Waals surface area contributed by atoms with Crippen molar-refractivity contribution in [1.29, 1.82) is 0 Å². The molecule has 5 nitrogen and oxygen atoms in total. The van der Waals surface area contributed by atoms with Gasteiger partial charge in [-0.3, -0.25) is 0 Å². The summed E-state index contributed by atoms with van der Waals surface area (Å²) in [7, 11) is 2.99. The van der Waals surface area contributed by atoms with E-state index in [1.807, 2.05) is 24.3 Å². The maximum Gasteiger partial charge on any atom is 0.337 e. The minimum atomic E-state index is -0.368. The lowest BCUT2D eigenvalue weighted by atomic mass is 10.1. The average Bonchev–Trinajstić information content (AvgIpc) is 3.01. The first-order valence-corrected chi connectivity index (χ1v) is 7.68. The Kier molecular flexibility index (Phi) is 4.34. The monoisotopic (exact) mass is 326 g/mol. The second-order valence-corrected chi connectivity index (χ2v) is 5.71. The number of benzene rings is 2. The fourth-order valence-corrected chi connectivity index (χ4v) is 2.91. The number of hydrogen-bond donors (Lipinski definition) is 0. The number of ether oxygens (including phenoxy) is 2. The van der Waals surface area contributed by atoms with Gasteiger partial charge in [0.1, 0.15) is 5.75 Å². The summed E-state index contributed by atoms with van der Waals surface area (Å²) >= 11 is 1.48. The van der Waals surface area contributed by atoms with Crippen LogP contribution in [-0.4, -0.2) is 31.4 Å². The van der Waals surface area contributed by atoms with Gasteiger partial charge in [0.05, 0.1) is 30.0 Å². The Labute approximate surface area is 137 Å². The fourth-order valence-electron chi connectivity index (χ4n) is 2.07. The number of aromatic nitrogens is 1. The van der Waals surface area contributed by atoms with E-state index < -0.39 is 0 Å². The van der Waals surface area contributed by atoms with Crippen molar-refractivity contribution >= 4 is 38.9 Å². The van der Waals surface area contributed by atoms with Crippen LogP contribution in [0.15, 0.2) is 47.5 Å². The highest BCUT2D eigenvalue weighted by Crippen LogP contribution is 2.30. The first-order chi connectivity index (χ1) is 11.2. The lowest BCUT2D eigenvalue weighted by molar-refractivity contribution is 0.0600. The predicted molar refractivity (Wildman–Crippen MR) is 91.2 cm³/mol. The third-order valence-electron chi connectivity index (χ3n) is 3.22. The Hall–Kier alpha value is -2.73. The maximum absolute atomic E-state index is 11.5. The van der Waals surface area contributed by atoms with E-state index >= 15 is 0 Å². The smallest absolute Gasteiger partial charge is 0.337 e. The standard InChI is InChI=1S/C17H14N2O3S/c1-21-13-6-7-14-15(9-13)23-17(19-14)18-10-11-4-3-5-12(8-11)16(20)22-2/h3-10H,1-2H3/b18-10-. The van der Waals surface area contributed by atoms with Crippen molar-refractivity contribution in [3.63, 3.8) is 0 Å². The summed E-state index contributed by atoms with van der Waals surface area (Å²) < 4.78 is 10.9. The highest BCUT2D eigenvalue weighted by molar-refractivity contribution is 7.22. The first-order valence-electron chi connectivity index (χ1n) is 6.86. The lowest BCUT2D eigenvalue weighted by Gasteiger charge is -1.99. The zero-order chi connectivity index (χ0) is 16.2. The van der Waals surface area contributed by atoms with E-state index in [4.69, 9.17) is 9.47 Å². The van der Waals surface area contributed by atoms with E-state index in [0.717, 1.165) is 21.5 Å². The van der Waals surface area contributed by atoms with Crippen LogP contribution in [0.4, 0.5) is 5.13 Å². The summed E-state index contributed by atoms with van der Waals surface area (Å²) in [5.41, 5.74) is 2.18. The quantitative estimate of drug-likeness (QED) is 0.540. The molecule has 0 atom stereocenters. The molecule has 2 aromatic carbocycles. The molecule has 23 heavy (non-hydrogen) atoms. The molecule has 0 amide bonds. The van der Waals surface area contributed by atoms with Crippen LogP contribution in [0.5, 0.6) is 5.75 Å². The van der Waals surface area contributed by atoms with Gasteiger partial charge in [0, 0.05) is 6.21 Å². The molecule has 0 N–H and O–H groups in total. The van der Waals surface area contributed by atoms with Gasteiger partial charge in [0.2, 0.25) is 5.13 Å². The van der Waals surface area contributed by atoms with Crippen LogP contribution >= 0.6 is 11.3 Å². The molecule has 0 unspecified atom stereocenters. The lowest BCUT2D eigenvalue weighted by Crippen LogP contribution is -2.01. The van der Waals surface area contributed by atoms with Gasteiger partial charge in [-0.15, -0.1) is 0 Å². The molecule has 0 spiro atoms. The maximum atomic E-state index is 11.5. The fraction of sp³-hybridized carbons (Fsp3) is 0.118. The molecular formula is C17H14N2O3S. The molecule has 1 heterocycles. The van der Waals surface area contributed by atoms with Crippen molar-refractivity contribution in [2.45, 2.75) is 0 Å². The summed E-state index contributed by atoms with van der Waals surface area (Å²) in [6, 6.07) is 12.8. The molecule has 0 aliphatic rings. The van der Waals surface area contributed by atoms with E-state index in [9.17, 15) is 4.79 Å². The van der Waals surface area contributed by atoms with E-state index in [1.54, 1.807) is 31.5 Å². The van der Waals surface area contributed by atoms with Crippen molar-refractivity contribution in [1.82, 2.24) is 4.98 Å². The Morgan fingerprint density at radius 2 is 2.09 bits per heavy atom. The molecule has 116 valence electrons. The van der Waals surface area contributed by atoms with Crippen molar-refractivity contribution in [3.8, 4) is 5.75 Å². The molecular weight excluding hydrogens is 312 g/mol. The summed E-state index contributed by atoms with van der Waals surface area (Å²) in [4.78, 5) is 20.4. The van der Waals surface area contributed by atoms with Gasteiger partial charge in [-0.1, -0.05) is 23.5 Å². The minimum absolute atomic E-state index is 0.368. The van der Waals surface area contributed by atoms with E-state index in [0.29, 0.717) is 10.7 Å². The second-order valence-electron chi connectivity index (χ2n) is 4.71. The number of methoxy groups -OCH3 is 2. The van der Waals surface area contributed by atoms with Gasteiger partial charge in [0.25, 0.3) is 0 Å². The minimum Gasteiger partial charge on any atom is -0.497 e. The summed E-state index contributed by atoms with van der Waals surface area (Å²) in [5, 5.41) is 0.650. The molecule has 0 saturated carbocycles. The summed E-state index contributed by atoms with van der Waals surface area (Å²) in [6.07, 6.45) is 1.68. The Bertz CT molecular complexity index is 886. The SMILES string of the molecule is COC(=O)c1cccc(/C=N\c2nc3ccc(OC)cc3s2)c1. The largest absolute Gasteiger partial charge is 0.497 e. The average molecular weight is 326 g/mol. The van der Waals surface area contributed by atoms with Gasteiger partial charge in [0.15, 0.2) is 0 Å². The molecule has 0 radical (unpaired) electrons. The predicted octanol–water partition coefficient (Wildman–Crippen LogP) is 3.84. The molecule has 0 fully saturated rings. The van der Waals surface area contributed by atoms with Gasteiger partial charge in [-0.2, -0.15) is 0 Å². The summed E-state index contributed by atoms with van der Waals surface area (Å²) in [5.74, 6) is 0.426. The number of thiazole rings is 1. The number of nitrogens with zero attached hydrogens (tertiary/aromatic N) is 2. The number of carbonyl (C=O) groups excluding carboxylic acids is 1. The molecule has 6 heteroatoms. The van der Waals surface area contributed by atoms with E-state index in [1.165, 1.54) is 18.4 Å². The molecule has 1 aromatic heterocycles. The van der Waals surface area contributed by atoms with Gasteiger partial charge >= 0.3 is 5.97 Å². The van der Waals surface area contributed by atoms with E-state index in [-0.39, 0.29) is 5.97 Å². The number of hydrogen-bond acceptors (Lipinski definition) is 6. The van der Waals surface area contributed by atoms with Crippen LogP contribution in [0.25, 0.3) is 10.2 Å². The normalized spacial score (nSPS) is 11.0. The second kappa shape index (κ2) is 6.58. The Morgan fingerprint density at radius 3 is 2.87 bits per heavy atom. The molecule has 0 saturated heterocycles. The van der Waals surface area contributed by atoms with Crippen LogP contribution in [0.2, 0.25) is 0 Å². The van der Waals surface area contributed by atoms with Crippen molar-refractivity contribution in [3.05, 3.63) is 53.6 Å². The van der Waals surface area contributed by atoms with Crippen LogP contribution in [0.3, 0.4) is 0 Å². The summed E-state index contributed by atoms with van der Waals surface area (Å²) in [6.45, 7) is 0. The Balaban J connectivity index is 1.86.